The van der Waals surface area contributed by atoms with Crippen LogP contribution in [0.5, 0.6) is 0 Å². The number of nitrogens with one attached hydrogen (secondary N) is 2. The van der Waals surface area contributed by atoms with Gasteiger partial charge >= 0.3 is 12.0 Å². The predicted molar refractivity (Wildman–Crippen MR) is 86.1 cm³/mol. The molecule has 132 valence electrons. The van der Waals surface area contributed by atoms with Gasteiger partial charge in [0.05, 0.1) is 13.0 Å². The molecule has 0 radical (unpaired) electrons. The second kappa shape index (κ2) is 11.4. The van der Waals surface area contributed by atoms with Gasteiger partial charge in [-0.2, -0.15) is 0 Å². The molecule has 24 heavy (non-hydrogen) atoms. The number of urea groups is 1. The van der Waals surface area contributed by atoms with Crippen molar-refractivity contribution in [1.29, 1.82) is 0 Å². The van der Waals surface area contributed by atoms with Crippen LogP contribution < -0.4 is 10.6 Å². The Morgan fingerprint density at radius 3 is 2.58 bits per heavy atom. The lowest BCUT2D eigenvalue weighted by Crippen LogP contribution is -2.42. The summed E-state index contributed by atoms with van der Waals surface area (Å²) in [6.45, 7) is 0.0517. The summed E-state index contributed by atoms with van der Waals surface area (Å²) in [6, 6.07) is 5.22. The van der Waals surface area contributed by atoms with Gasteiger partial charge in [0, 0.05) is 24.3 Å². The first kappa shape index (κ1) is 19.9. The van der Waals surface area contributed by atoms with E-state index < -0.39 is 24.5 Å². The highest BCUT2D eigenvalue weighted by Gasteiger charge is 2.10. The molecule has 1 aromatic rings. The second-order valence-electron chi connectivity index (χ2n) is 4.51. The van der Waals surface area contributed by atoms with E-state index in [1.54, 1.807) is 12.1 Å². The van der Waals surface area contributed by atoms with E-state index in [9.17, 15) is 18.8 Å². The van der Waals surface area contributed by atoms with Crippen LogP contribution in [0.2, 0.25) is 0 Å². The lowest BCUT2D eigenvalue weighted by molar-refractivity contribution is -0.147. The molecule has 2 N–H and O–H groups in total. The van der Waals surface area contributed by atoms with Crippen LogP contribution in [0, 0.1) is 5.82 Å². The van der Waals surface area contributed by atoms with E-state index in [1.165, 1.54) is 31.0 Å². The summed E-state index contributed by atoms with van der Waals surface area (Å²) in [6.07, 6.45) is 0.0926. The van der Waals surface area contributed by atoms with Gasteiger partial charge in [-0.1, -0.05) is 0 Å². The molecular formula is C15H19FN2O5S. The number of imide groups is 1. The number of carbonyl (C=O) groups is 3. The Kier molecular flexibility index (Phi) is 9.47. The molecule has 0 spiro atoms. The van der Waals surface area contributed by atoms with Crippen LogP contribution in [-0.2, 0) is 19.1 Å². The van der Waals surface area contributed by atoms with E-state index in [4.69, 9.17) is 9.47 Å². The van der Waals surface area contributed by atoms with Crippen LogP contribution in [0.15, 0.2) is 29.2 Å². The molecule has 0 heterocycles. The Morgan fingerprint density at radius 1 is 1.21 bits per heavy atom. The first-order valence-corrected chi connectivity index (χ1v) is 8.10. The second-order valence-corrected chi connectivity index (χ2v) is 5.68. The average molecular weight is 358 g/mol. The third-order valence-corrected chi connectivity index (χ3v) is 3.61. The highest BCUT2D eigenvalue weighted by molar-refractivity contribution is 7.99. The Morgan fingerprint density at radius 2 is 1.92 bits per heavy atom. The van der Waals surface area contributed by atoms with E-state index in [-0.39, 0.29) is 18.8 Å². The SMILES string of the molecule is COCCNC(=O)NC(=O)COC(=O)CCSc1ccc(F)cc1. The summed E-state index contributed by atoms with van der Waals surface area (Å²) >= 11 is 1.37. The van der Waals surface area contributed by atoms with Crippen molar-refractivity contribution >= 4 is 29.7 Å². The maximum absolute atomic E-state index is 12.7. The predicted octanol–water partition coefficient (Wildman–Crippen LogP) is 1.32. The largest absolute Gasteiger partial charge is 0.456 e. The minimum absolute atomic E-state index is 0.0926. The summed E-state index contributed by atoms with van der Waals surface area (Å²) in [5, 5.41) is 4.41. The molecule has 3 amide bonds. The Balaban J connectivity index is 2.13. The molecule has 1 aromatic carbocycles. The smallest absolute Gasteiger partial charge is 0.321 e. The summed E-state index contributed by atoms with van der Waals surface area (Å²) in [7, 11) is 1.48. The number of rotatable bonds is 9. The summed E-state index contributed by atoms with van der Waals surface area (Å²) in [5.74, 6) is -1.16. The molecule has 0 bridgehead atoms. The van der Waals surface area contributed by atoms with Crippen LogP contribution in [0.1, 0.15) is 6.42 Å². The lowest BCUT2D eigenvalue weighted by atomic mass is 10.4. The molecule has 0 unspecified atom stereocenters. The maximum atomic E-state index is 12.7. The van der Waals surface area contributed by atoms with E-state index in [2.05, 4.69) is 5.32 Å². The summed E-state index contributed by atoms with van der Waals surface area (Å²) < 4.78 is 22.2. The number of ether oxygens (including phenoxy) is 2. The number of hydrogen-bond donors (Lipinski definition) is 2. The van der Waals surface area contributed by atoms with Gasteiger partial charge in [-0.3, -0.25) is 14.9 Å². The van der Waals surface area contributed by atoms with E-state index in [0.717, 1.165) is 4.90 Å². The van der Waals surface area contributed by atoms with Crippen molar-refractivity contribution in [2.75, 3.05) is 32.6 Å². The molecule has 0 fully saturated rings. The standard InChI is InChI=1S/C15H19FN2O5S/c1-22-8-7-17-15(21)18-13(19)10-23-14(20)6-9-24-12-4-2-11(16)3-5-12/h2-5H,6-10H2,1H3,(H2,17,18,19,21). The number of carbonyl (C=O) groups excluding carboxylic acids is 3. The molecule has 0 aliphatic rings. The number of benzene rings is 1. The normalized spacial score (nSPS) is 10.1. The van der Waals surface area contributed by atoms with Crippen molar-refractivity contribution in [2.24, 2.45) is 0 Å². The van der Waals surface area contributed by atoms with Gasteiger partial charge in [-0.25, -0.2) is 9.18 Å². The molecule has 9 heteroatoms. The van der Waals surface area contributed by atoms with Crippen LogP contribution >= 0.6 is 11.8 Å². The van der Waals surface area contributed by atoms with Crippen molar-refractivity contribution in [3.05, 3.63) is 30.1 Å². The number of esters is 1. The van der Waals surface area contributed by atoms with Gasteiger partial charge < -0.3 is 14.8 Å². The van der Waals surface area contributed by atoms with Crippen LogP contribution in [0.25, 0.3) is 0 Å². The van der Waals surface area contributed by atoms with E-state index in [0.29, 0.717) is 12.4 Å². The highest BCUT2D eigenvalue weighted by atomic mass is 32.2. The fourth-order valence-corrected chi connectivity index (χ4v) is 2.31. The zero-order valence-corrected chi connectivity index (χ0v) is 14.0. The minimum Gasteiger partial charge on any atom is -0.456 e. The van der Waals surface area contributed by atoms with Crippen molar-refractivity contribution in [3.8, 4) is 0 Å². The van der Waals surface area contributed by atoms with Gasteiger partial charge in [0.2, 0.25) is 0 Å². The van der Waals surface area contributed by atoms with Crippen LogP contribution in [-0.4, -0.2) is 50.5 Å². The topological polar surface area (TPSA) is 93.7 Å². The Hall–Kier alpha value is -2.13. The zero-order chi connectivity index (χ0) is 17.8. The van der Waals surface area contributed by atoms with Gasteiger partial charge in [-0.15, -0.1) is 11.8 Å². The molecule has 0 aromatic heterocycles. The first-order chi connectivity index (χ1) is 11.5. The Labute approximate surface area is 143 Å². The number of amides is 3. The maximum Gasteiger partial charge on any atom is 0.321 e. The van der Waals surface area contributed by atoms with E-state index >= 15 is 0 Å². The van der Waals surface area contributed by atoms with Crippen molar-refractivity contribution < 1.29 is 28.2 Å². The van der Waals surface area contributed by atoms with Gasteiger partial charge in [0.15, 0.2) is 6.61 Å². The number of hydrogen-bond acceptors (Lipinski definition) is 6. The zero-order valence-electron chi connectivity index (χ0n) is 13.2. The molecule has 0 atom stereocenters. The molecule has 1 rings (SSSR count). The van der Waals surface area contributed by atoms with Crippen molar-refractivity contribution in [2.45, 2.75) is 11.3 Å². The van der Waals surface area contributed by atoms with Crippen molar-refractivity contribution in [1.82, 2.24) is 10.6 Å². The van der Waals surface area contributed by atoms with Gasteiger partial charge in [-0.05, 0) is 24.3 Å². The third-order valence-electron chi connectivity index (χ3n) is 2.60. The summed E-state index contributed by atoms with van der Waals surface area (Å²) in [5.41, 5.74) is 0. The van der Waals surface area contributed by atoms with Crippen molar-refractivity contribution in [3.63, 3.8) is 0 Å². The quantitative estimate of drug-likeness (QED) is 0.393. The lowest BCUT2D eigenvalue weighted by Gasteiger charge is -2.07. The monoisotopic (exact) mass is 358 g/mol. The van der Waals surface area contributed by atoms with Gasteiger partial charge in [0.25, 0.3) is 5.91 Å². The highest BCUT2D eigenvalue weighted by Crippen LogP contribution is 2.18. The minimum atomic E-state index is -0.718. The molecule has 0 aliphatic carbocycles. The molecule has 0 aliphatic heterocycles. The Bertz CT molecular complexity index is 553. The van der Waals surface area contributed by atoms with Gasteiger partial charge in [0.1, 0.15) is 5.82 Å². The third kappa shape index (κ3) is 9.11. The summed E-state index contributed by atoms with van der Waals surface area (Å²) in [4.78, 5) is 35.0. The first-order valence-electron chi connectivity index (χ1n) is 7.12. The van der Waals surface area contributed by atoms with E-state index in [1.807, 2.05) is 5.32 Å². The fourth-order valence-electron chi connectivity index (χ4n) is 1.47. The molecule has 0 saturated heterocycles. The number of methoxy groups -OCH3 is 1. The number of thioether (sulfide) groups is 1. The average Bonchev–Trinajstić information content (AvgIpc) is 2.55. The number of halogens is 1. The molecular weight excluding hydrogens is 339 g/mol. The van der Waals surface area contributed by atoms with Crippen LogP contribution in [0.3, 0.4) is 0 Å². The molecule has 0 saturated carbocycles. The molecule has 7 nitrogen and oxygen atoms in total. The fraction of sp³-hybridized carbons (Fsp3) is 0.400. The van der Waals surface area contributed by atoms with Crippen LogP contribution in [0.4, 0.5) is 9.18 Å².